The SMILES string of the molecule is CCCCc1ccc(OCc2cccc(CN)c2)cc1. The molecule has 0 saturated heterocycles. The van der Waals surface area contributed by atoms with Crippen molar-refractivity contribution in [3.05, 3.63) is 65.2 Å². The normalized spacial score (nSPS) is 10.5. The smallest absolute Gasteiger partial charge is 0.119 e. The lowest BCUT2D eigenvalue weighted by Gasteiger charge is -2.08. The van der Waals surface area contributed by atoms with Gasteiger partial charge in [0.25, 0.3) is 0 Å². The third-order valence-electron chi connectivity index (χ3n) is 3.37. The van der Waals surface area contributed by atoms with Crippen molar-refractivity contribution in [2.24, 2.45) is 5.73 Å². The van der Waals surface area contributed by atoms with Gasteiger partial charge >= 0.3 is 0 Å². The Morgan fingerprint density at radius 2 is 1.70 bits per heavy atom. The van der Waals surface area contributed by atoms with Gasteiger partial charge in [0.2, 0.25) is 0 Å². The van der Waals surface area contributed by atoms with Crippen molar-refractivity contribution in [3.63, 3.8) is 0 Å². The van der Waals surface area contributed by atoms with E-state index in [1.807, 2.05) is 12.1 Å². The van der Waals surface area contributed by atoms with E-state index in [9.17, 15) is 0 Å². The Balaban J connectivity index is 1.89. The molecule has 0 radical (unpaired) electrons. The summed E-state index contributed by atoms with van der Waals surface area (Å²) in [5, 5.41) is 0. The molecule has 2 aromatic carbocycles. The number of ether oxygens (including phenoxy) is 1. The minimum Gasteiger partial charge on any atom is -0.489 e. The highest BCUT2D eigenvalue weighted by Crippen LogP contribution is 2.16. The van der Waals surface area contributed by atoms with Crippen LogP contribution in [0.2, 0.25) is 0 Å². The van der Waals surface area contributed by atoms with Gasteiger partial charge in [-0.15, -0.1) is 0 Å². The van der Waals surface area contributed by atoms with Crippen LogP contribution in [0.25, 0.3) is 0 Å². The van der Waals surface area contributed by atoms with Gasteiger partial charge in [0.15, 0.2) is 0 Å². The molecule has 2 heteroatoms. The molecular weight excluding hydrogens is 246 g/mol. The third kappa shape index (κ3) is 4.39. The predicted molar refractivity (Wildman–Crippen MR) is 83.7 cm³/mol. The zero-order chi connectivity index (χ0) is 14.2. The van der Waals surface area contributed by atoms with Gasteiger partial charge in [-0.05, 0) is 41.7 Å². The molecule has 2 nitrogen and oxygen atoms in total. The second-order valence-electron chi connectivity index (χ2n) is 5.06. The van der Waals surface area contributed by atoms with Crippen LogP contribution in [0.1, 0.15) is 36.5 Å². The molecule has 0 aromatic heterocycles. The predicted octanol–water partition coefficient (Wildman–Crippen LogP) is 4.07. The summed E-state index contributed by atoms with van der Waals surface area (Å²) in [5.41, 5.74) is 9.32. The molecule has 106 valence electrons. The first-order chi connectivity index (χ1) is 9.81. The van der Waals surface area contributed by atoms with Crippen LogP contribution in [0.4, 0.5) is 0 Å². The maximum Gasteiger partial charge on any atom is 0.119 e. The van der Waals surface area contributed by atoms with Gasteiger partial charge in [-0.3, -0.25) is 0 Å². The molecule has 0 spiro atoms. The van der Waals surface area contributed by atoms with Crippen molar-refractivity contribution in [2.75, 3.05) is 0 Å². The third-order valence-corrected chi connectivity index (χ3v) is 3.37. The van der Waals surface area contributed by atoms with Crippen LogP contribution >= 0.6 is 0 Å². The van der Waals surface area contributed by atoms with Crippen LogP contribution in [0.3, 0.4) is 0 Å². The highest BCUT2D eigenvalue weighted by molar-refractivity contribution is 5.28. The Labute approximate surface area is 121 Å². The average Bonchev–Trinajstić information content (AvgIpc) is 2.52. The topological polar surface area (TPSA) is 35.2 Å². The molecule has 0 amide bonds. The van der Waals surface area contributed by atoms with Crippen LogP contribution in [0, 0.1) is 0 Å². The van der Waals surface area contributed by atoms with Crippen molar-refractivity contribution in [2.45, 2.75) is 39.3 Å². The van der Waals surface area contributed by atoms with E-state index in [0.29, 0.717) is 13.2 Å². The van der Waals surface area contributed by atoms with Crippen LogP contribution in [-0.4, -0.2) is 0 Å². The van der Waals surface area contributed by atoms with E-state index in [1.165, 1.54) is 18.4 Å². The Hall–Kier alpha value is -1.80. The van der Waals surface area contributed by atoms with Gasteiger partial charge < -0.3 is 10.5 Å². The Bertz CT molecular complexity index is 519. The summed E-state index contributed by atoms with van der Waals surface area (Å²) in [4.78, 5) is 0. The minimum absolute atomic E-state index is 0.569. The van der Waals surface area contributed by atoms with Crippen molar-refractivity contribution < 1.29 is 4.74 Å². The summed E-state index contributed by atoms with van der Waals surface area (Å²) < 4.78 is 5.81. The monoisotopic (exact) mass is 269 g/mol. The number of benzene rings is 2. The Morgan fingerprint density at radius 1 is 0.950 bits per heavy atom. The summed E-state index contributed by atoms with van der Waals surface area (Å²) in [6, 6.07) is 16.6. The average molecular weight is 269 g/mol. The van der Waals surface area contributed by atoms with E-state index < -0.39 is 0 Å². The largest absolute Gasteiger partial charge is 0.489 e. The molecule has 0 aliphatic heterocycles. The maximum absolute atomic E-state index is 5.81. The van der Waals surface area contributed by atoms with Crippen molar-refractivity contribution in [1.82, 2.24) is 0 Å². The molecule has 0 unspecified atom stereocenters. The maximum atomic E-state index is 5.81. The van der Waals surface area contributed by atoms with Crippen LogP contribution in [0.5, 0.6) is 5.75 Å². The fourth-order valence-corrected chi connectivity index (χ4v) is 2.15. The second-order valence-corrected chi connectivity index (χ2v) is 5.06. The van der Waals surface area contributed by atoms with Gasteiger partial charge in [0, 0.05) is 6.54 Å². The first-order valence-electron chi connectivity index (χ1n) is 7.31. The van der Waals surface area contributed by atoms with E-state index in [-0.39, 0.29) is 0 Å². The molecule has 0 aliphatic rings. The minimum atomic E-state index is 0.569. The molecule has 2 aromatic rings. The van der Waals surface area contributed by atoms with Gasteiger partial charge in [-0.2, -0.15) is 0 Å². The summed E-state index contributed by atoms with van der Waals surface area (Å²) in [7, 11) is 0. The molecule has 0 aliphatic carbocycles. The lowest BCUT2D eigenvalue weighted by atomic mass is 10.1. The van der Waals surface area contributed by atoms with Crippen LogP contribution in [-0.2, 0) is 19.6 Å². The molecule has 0 heterocycles. The molecule has 0 bridgehead atoms. The standard InChI is InChI=1S/C18H23NO/c1-2-3-5-15-8-10-18(11-9-15)20-14-17-7-4-6-16(12-17)13-19/h4,6-12H,2-3,5,13-14,19H2,1H3. The molecule has 0 atom stereocenters. The highest BCUT2D eigenvalue weighted by atomic mass is 16.5. The quantitative estimate of drug-likeness (QED) is 0.822. The molecule has 2 rings (SSSR count). The molecule has 0 saturated carbocycles. The van der Waals surface area contributed by atoms with Gasteiger partial charge in [-0.1, -0.05) is 49.7 Å². The summed E-state index contributed by atoms with van der Waals surface area (Å²) in [6.45, 7) is 3.37. The van der Waals surface area contributed by atoms with Gasteiger partial charge in [-0.25, -0.2) is 0 Å². The van der Waals surface area contributed by atoms with E-state index >= 15 is 0 Å². The first-order valence-corrected chi connectivity index (χ1v) is 7.31. The number of hydrogen-bond donors (Lipinski definition) is 1. The van der Waals surface area contributed by atoms with Crippen molar-refractivity contribution in [1.29, 1.82) is 0 Å². The van der Waals surface area contributed by atoms with Crippen molar-refractivity contribution in [3.8, 4) is 5.75 Å². The van der Waals surface area contributed by atoms with Crippen LogP contribution < -0.4 is 10.5 Å². The Morgan fingerprint density at radius 3 is 2.40 bits per heavy atom. The zero-order valence-corrected chi connectivity index (χ0v) is 12.1. The van der Waals surface area contributed by atoms with E-state index in [1.54, 1.807) is 0 Å². The first kappa shape index (κ1) is 14.6. The molecule has 20 heavy (non-hydrogen) atoms. The van der Waals surface area contributed by atoms with E-state index in [4.69, 9.17) is 10.5 Å². The molecule has 0 fully saturated rings. The summed E-state index contributed by atoms with van der Waals surface area (Å²) in [6.07, 6.45) is 3.62. The lowest BCUT2D eigenvalue weighted by Crippen LogP contribution is -2.00. The second kappa shape index (κ2) is 7.71. The molecular formula is C18H23NO. The van der Waals surface area contributed by atoms with Gasteiger partial charge in [0.1, 0.15) is 12.4 Å². The summed E-state index contributed by atoms with van der Waals surface area (Å²) >= 11 is 0. The number of hydrogen-bond acceptors (Lipinski definition) is 2. The summed E-state index contributed by atoms with van der Waals surface area (Å²) in [5.74, 6) is 0.920. The number of nitrogens with two attached hydrogens (primary N) is 1. The van der Waals surface area contributed by atoms with E-state index in [0.717, 1.165) is 23.3 Å². The zero-order valence-electron chi connectivity index (χ0n) is 12.1. The van der Waals surface area contributed by atoms with Gasteiger partial charge in [0.05, 0.1) is 0 Å². The Kier molecular flexibility index (Phi) is 5.63. The lowest BCUT2D eigenvalue weighted by molar-refractivity contribution is 0.306. The number of aryl methyl sites for hydroxylation is 1. The van der Waals surface area contributed by atoms with Crippen molar-refractivity contribution >= 4 is 0 Å². The van der Waals surface area contributed by atoms with Crippen LogP contribution in [0.15, 0.2) is 48.5 Å². The fourth-order valence-electron chi connectivity index (χ4n) is 2.15. The van der Waals surface area contributed by atoms with E-state index in [2.05, 4.69) is 43.3 Å². The highest BCUT2D eigenvalue weighted by Gasteiger charge is 1.98. The fraction of sp³-hybridized carbons (Fsp3) is 0.333. The molecule has 2 N–H and O–H groups in total. The number of unbranched alkanes of at least 4 members (excludes halogenated alkanes) is 1. The number of rotatable bonds is 7.